The zero-order valence-electron chi connectivity index (χ0n) is 11.1. The second kappa shape index (κ2) is 4.09. The van der Waals surface area contributed by atoms with E-state index in [0.29, 0.717) is 6.04 Å². The van der Waals surface area contributed by atoms with Gasteiger partial charge in [0.1, 0.15) is 0 Å². The molecular weight excluding hydrogens is 236 g/mol. The van der Waals surface area contributed by atoms with Gasteiger partial charge in [0.15, 0.2) is 0 Å². The Morgan fingerprint density at radius 1 is 1.26 bits per heavy atom. The molecular formula is C16H20N2O. The molecule has 1 aromatic carbocycles. The van der Waals surface area contributed by atoms with Gasteiger partial charge in [-0.25, -0.2) is 0 Å². The zero-order chi connectivity index (χ0) is 12.9. The maximum atomic E-state index is 11.0. The van der Waals surface area contributed by atoms with E-state index in [2.05, 4.69) is 34.1 Å². The molecule has 0 spiro atoms. The average molecular weight is 256 g/mol. The number of fused-ring (bicyclic) bond motifs is 2. The molecule has 3 heterocycles. The van der Waals surface area contributed by atoms with Crippen LogP contribution >= 0.6 is 0 Å². The van der Waals surface area contributed by atoms with Crippen molar-refractivity contribution in [2.75, 3.05) is 13.1 Å². The summed E-state index contributed by atoms with van der Waals surface area (Å²) in [6, 6.07) is 8.99. The van der Waals surface area contributed by atoms with E-state index >= 15 is 0 Å². The summed E-state index contributed by atoms with van der Waals surface area (Å²) in [7, 11) is 0. The maximum absolute atomic E-state index is 11.0. The van der Waals surface area contributed by atoms with Crippen LogP contribution < -0.4 is 0 Å². The molecule has 2 atom stereocenters. The predicted octanol–water partition coefficient (Wildman–Crippen LogP) is 2.61. The molecule has 2 aliphatic rings. The molecule has 2 aromatic rings. The average Bonchev–Trinajstić information content (AvgIpc) is 3.05. The molecule has 0 aliphatic carbocycles. The number of nitrogens with zero attached hydrogens (tertiary/aromatic N) is 1. The summed E-state index contributed by atoms with van der Waals surface area (Å²) >= 11 is 0. The first-order valence-electron chi connectivity index (χ1n) is 7.29. The lowest BCUT2D eigenvalue weighted by Gasteiger charge is -2.41. The number of nitrogens with one attached hydrogen (secondary N) is 1. The molecule has 100 valence electrons. The normalized spacial score (nSPS) is 31.7. The van der Waals surface area contributed by atoms with Crippen LogP contribution in [0.4, 0.5) is 0 Å². The lowest BCUT2D eigenvalue weighted by atomic mass is 9.81. The van der Waals surface area contributed by atoms with Gasteiger partial charge in [-0.2, -0.15) is 0 Å². The Balaban J connectivity index is 1.69. The van der Waals surface area contributed by atoms with Crippen molar-refractivity contribution in [2.24, 2.45) is 0 Å². The minimum atomic E-state index is -0.634. The summed E-state index contributed by atoms with van der Waals surface area (Å²) < 4.78 is 0. The van der Waals surface area contributed by atoms with Gasteiger partial charge in [0.25, 0.3) is 0 Å². The van der Waals surface area contributed by atoms with Crippen molar-refractivity contribution >= 4 is 10.9 Å². The van der Waals surface area contributed by atoms with Gasteiger partial charge in [-0.3, -0.25) is 0 Å². The topological polar surface area (TPSA) is 39.3 Å². The summed E-state index contributed by atoms with van der Waals surface area (Å²) in [6.45, 7) is 2.25. The van der Waals surface area contributed by atoms with Crippen LogP contribution in [0.3, 0.4) is 0 Å². The van der Waals surface area contributed by atoms with Crippen LogP contribution in [0.1, 0.15) is 31.2 Å². The van der Waals surface area contributed by atoms with Crippen molar-refractivity contribution in [2.45, 2.75) is 37.3 Å². The van der Waals surface area contributed by atoms with Crippen molar-refractivity contribution < 1.29 is 5.11 Å². The summed E-state index contributed by atoms with van der Waals surface area (Å²) in [5.41, 5.74) is 1.57. The molecule has 3 nitrogen and oxygen atoms in total. The van der Waals surface area contributed by atoms with Crippen molar-refractivity contribution in [3.8, 4) is 0 Å². The number of aromatic amines is 1. The van der Waals surface area contributed by atoms with Gasteiger partial charge in [0.2, 0.25) is 0 Å². The number of hydrogen-bond donors (Lipinski definition) is 2. The highest BCUT2D eigenvalue weighted by Crippen LogP contribution is 2.40. The van der Waals surface area contributed by atoms with Crippen LogP contribution in [0.2, 0.25) is 0 Å². The Hall–Kier alpha value is -1.32. The smallest absolute Gasteiger partial charge is 0.0924 e. The fourth-order valence-electron chi connectivity index (χ4n) is 3.84. The van der Waals surface area contributed by atoms with Crippen LogP contribution in [0.5, 0.6) is 0 Å². The van der Waals surface area contributed by atoms with E-state index < -0.39 is 5.60 Å². The van der Waals surface area contributed by atoms with Crippen LogP contribution in [0.25, 0.3) is 10.9 Å². The fraction of sp³-hybridized carbons (Fsp3) is 0.500. The number of benzene rings is 1. The molecule has 3 heteroatoms. The molecule has 2 unspecified atom stereocenters. The monoisotopic (exact) mass is 256 g/mol. The minimum Gasteiger partial charge on any atom is -0.385 e. The molecule has 4 rings (SSSR count). The van der Waals surface area contributed by atoms with Gasteiger partial charge < -0.3 is 15.0 Å². The number of hydrogen-bond acceptors (Lipinski definition) is 2. The predicted molar refractivity (Wildman–Crippen MR) is 76.0 cm³/mol. The lowest BCUT2D eigenvalue weighted by Crippen LogP contribution is -2.45. The second-order valence-electron chi connectivity index (χ2n) is 6.10. The number of rotatable bonds is 1. The molecule has 1 aromatic heterocycles. The second-order valence-corrected chi connectivity index (χ2v) is 6.10. The maximum Gasteiger partial charge on any atom is 0.0924 e. The quantitative estimate of drug-likeness (QED) is 0.823. The molecule has 0 radical (unpaired) electrons. The van der Waals surface area contributed by atoms with Crippen molar-refractivity contribution in [3.63, 3.8) is 0 Å². The third-order valence-corrected chi connectivity index (χ3v) is 4.98. The summed E-state index contributed by atoms with van der Waals surface area (Å²) in [5.74, 6) is 0. The van der Waals surface area contributed by atoms with E-state index in [-0.39, 0.29) is 0 Å². The van der Waals surface area contributed by atoms with E-state index in [1.807, 2.05) is 6.20 Å². The molecule has 19 heavy (non-hydrogen) atoms. The number of H-pyrrole nitrogens is 1. The Bertz CT molecular complexity index is 606. The lowest BCUT2D eigenvalue weighted by molar-refractivity contribution is -0.0408. The van der Waals surface area contributed by atoms with E-state index in [4.69, 9.17) is 0 Å². The third-order valence-electron chi connectivity index (χ3n) is 4.98. The summed E-state index contributed by atoms with van der Waals surface area (Å²) in [6.07, 6.45) is 6.23. The van der Waals surface area contributed by atoms with Crippen LogP contribution in [0, 0.1) is 0 Å². The van der Waals surface area contributed by atoms with Gasteiger partial charge in [-0.1, -0.05) is 12.1 Å². The van der Waals surface area contributed by atoms with Gasteiger partial charge in [-0.05, 0) is 55.3 Å². The van der Waals surface area contributed by atoms with Crippen LogP contribution in [-0.2, 0) is 5.60 Å². The first-order chi connectivity index (χ1) is 9.24. The van der Waals surface area contributed by atoms with E-state index in [0.717, 1.165) is 30.5 Å². The van der Waals surface area contributed by atoms with Gasteiger partial charge in [0.05, 0.1) is 5.60 Å². The molecule has 2 N–H and O–H groups in total. The van der Waals surface area contributed by atoms with Gasteiger partial charge >= 0.3 is 0 Å². The Morgan fingerprint density at radius 3 is 3.16 bits per heavy atom. The van der Waals surface area contributed by atoms with Crippen LogP contribution in [0.15, 0.2) is 30.5 Å². The van der Waals surface area contributed by atoms with E-state index in [9.17, 15) is 5.11 Å². The molecule has 2 aliphatic heterocycles. The van der Waals surface area contributed by atoms with E-state index in [1.165, 1.54) is 24.8 Å². The standard InChI is InChI=1S/C16H20N2O/c19-16(6-9-18-8-1-2-14(18)11-16)13-4-3-12-5-7-17-15(12)10-13/h3-5,7,10,14,17,19H,1-2,6,8-9,11H2. The number of aromatic nitrogens is 1. The highest BCUT2D eigenvalue weighted by Gasteiger charge is 2.41. The third kappa shape index (κ3) is 1.80. The van der Waals surface area contributed by atoms with Gasteiger partial charge in [-0.15, -0.1) is 0 Å². The minimum absolute atomic E-state index is 0.582. The Labute approximate surface area is 113 Å². The summed E-state index contributed by atoms with van der Waals surface area (Å²) in [5, 5.41) is 12.3. The number of piperidine rings is 1. The van der Waals surface area contributed by atoms with E-state index in [1.54, 1.807) is 0 Å². The fourth-order valence-corrected chi connectivity index (χ4v) is 3.84. The first kappa shape index (κ1) is 11.5. The zero-order valence-corrected chi connectivity index (χ0v) is 11.1. The SMILES string of the molecule is OC1(c2ccc3cc[nH]c3c2)CCN2CCCC2C1. The van der Waals surface area contributed by atoms with Crippen molar-refractivity contribution in [3.05, 3.63) is 36.0 Å². The Morgan fingerprint density at radius 2 is 2.21 bits per heavy atom. The van der Waals surface area contributed by atoms with Crippen molar-refractivity contribution in [1.29, 1.82) is 0 Å². The highest BCUT2D eigenvalue weighted by atomic mass is 16.3. The van der Waals surface area contributed by atoms with Crippen LogP contribution in [-0.4, -0.2) is 34.1 Å². The number of aliphatic hydroxyl groups is 1. The first-order valence-corrected chi connectivity index (χ1v) is 7.29. The largest absolute Gasteiger partial charge is 0.385 e. The van der Waals surface area contributed by atoms with Crippen molar-refractivity contribution in [1.82, 2.24) is 9.88 Å². The molecule has 0 bridgehead atoms. The Kier molecular flexibility index (Phi) is 2.47. The van der Waals surface area contributed by atoms with Gasteiger partial charge in [0, 0.05) is 24.3 Å². The molecule has 2 fully saturated rings. The summed E-state index contributed by atoms with van der Waals surface area (Å²) in [4.78, 5) is 5.78. The highest BCUT2D eigenvalue weighted by molar-refractivity contribution is 5.80. The molecule has 2 saturated heterocycles. The molecule has 0 amide bonds. The molecule has 0 saturated carbocycles.